The first-order valence-electron chi connectivity index (χ1n) is 19.9. The first kappa shape index (κ1) is 40.1. The summed E-state index contributed by atoms with van der Waals surface area (Å²) in [6.45, 7) is 11.4. The summed E-state index contributed by atoms with van der Waals surface area (Å²) < 4.78 is 20.9. The number of aromatic nitrogens is 2. The van der Waals surface area contributed by atoms with Gasteiger partial charge in [0, 0.05) is 103 Å². The fourth-order valence-corrected chi connectivity index (χ4v) is 9.56. The molecule has 2 saturated heterocycles. The zero-order valence-corrected chi connectivity index (χ0v) is 34.3. The Hall–Kier alpha value is -5.32. The number of rotatable bonds is 12. The van der Waals surface area contributed by atoms with E-state index in [9.17, 15) is 14.9 Å². The Morgan fingerprint density at radius 2 is 1.85 bits per heavy atom. The lowest BCUT2D eigenvalue weighted by molar-refractivity contribution is -0.384. The average molecular weight is 820 g/mol. The lowest BCUT2D eigenvalue weighted by atomic mass is 9.52. The van der Waals surface area contributed by atoms with E-state index in [0.29, 0.717) is 46.1 Å². The fourth-order valence-electron chi connectivity index (χ4n) is 8.93. The van der Waals surface area contributed by atoms with Crippen molar-refractivity contribution in [3.05, 3.63) is 99.9 Å². The largest absolute Gasteiger partial charge is 0.512 e. The van der Waals surface area contributed by atoms with Gasteiger partial charge in [0.2, 0.25) is 0 Å². The molecule has 60 heavy (non-hydrogen) atoms. The summed E-state index contributed by atoms with van der Waals surface area (Å²) in [4.78, 5) is 39.9. The molecular formula is C42H43B3N8O6S. The Bertz CT molecular complexity index is 2480. The Morgan fingerprint density at radius 3 is 2.60 bits per heavy atom. The van der Waals surface area contributed by atoms with Crippen molar-refractivity contribution in [1.82, 2.24) is 24.5 Å². The van der Waals surface area contributed by atoms with Gasteiger partial charge in [-0.15, -0.1) is 0 Å². The molecule has 9 rings (SSSR count). The highest BCUT2D eigenvalue weighted by molar-refractivity contribution is 7.98. The molecule has 5 heterocycles. The number of pyridine rings is 1. The second-order valence-corrected chi connectivity index (χ2v) is 18.1. The molecule has 302 valence electrons. The van der Waals surface area contributed by atoms with Gasteiger partial charge >= 0.3 is 0 Å². The third-order valence-electron chi connectivity index (χ3n) is 12.1. The van der Waals surface area contributed by atoms with Gasteiger partial charge in [-0.1, -0.05) is 13.8 Å². The molecule has 2 aromatic heterocycles. The number of hydrogen-bond acceptors (Lipinski definition) is 12. The fraction of sp³-hybridized carbons (Fsp3) is 0.381. The van der Waals surface area contributed by atoms with E-state index in [4.69, 9.17) is 43.5 Å². The number of nitrogens with two attached hydrogens (primary N) is 1. The molecule has 6 radical (unpaired) electrons. The van der Waals surface area contributed by atoms with Crippen molar-refractivity contribution < 1.29 is 23.9 Å². The predicted octanol–water partition coefficient (Wildman–Crippen LogP) is 5.23. The smallest absolute Gasteiger partial charge is 0.293 e. The highest BCUT2D eigenvalue weighted by Gasteiger charge is 2.54. The van der Waals surface area contributed by atoms with Crippen molar-refractivity contribution >= 4 is 69.5 Å². The first-order valence-corrected chi connectivity index (χ1v) is 20.8. The number of carbonyl (C=O) groups excluding carboxylic acids is 1. The van der Waals surface area contributed by atoms with E-state index in [-0.39, 0.29) is 22.2 Å². The molecule has 3 fully saturated rings. The standard InChI is InChI=1S/C42H43B3N8O6S/c1-40(2)24-57-37-32(40)13-25(14-36(37)59-42(43,44)45)21-50-9-11-51(12-10-50)28-18-41(19-28)22-52(23-41)27-3-5-31(35(16-27)58-29-15-26-7-8-47-38(26)48-20-29)39(54)49-60-30-4-6-33(46)34(17-30)53(55)56/h3-8,13-17,20,28H,9-12,18-19,21-24,46H2,1-2H3,(H,47,48)(H,49,54). The number of anilines is 2. The Labute approximate surface area is 356 Å². The minimum Gasteiger partial charge on any atom is -0.512 e. The number of aromatic amines is 1. The van der Waals surface area contributed by atoms with E-state index in [1.807, 2.05) is 30.3 Å². The topological polar surface area (TPSA) is 164 Å². The highest BCUT2D eigenvalue weighted by Crippen LogP contribution is 2.52. The molecule has 5 aromatic rings. The number of benzene rings is 3. The maximum absolute atomic E-state index is 13.6. The van der Waals surface area contributed by atoms with E-state index in [2.05, 4.69) is 49.3 Å². The molecule has 1 saturated carbocycles. The van der Waals surface area contributed by atoms with Crippen molar-refractivity contribution in [2.45, 2.75) is 54.9 Å². The van der Waals surface area contributed by atoms with Gasteiger partial charge in [-0.25, -0.2) is 4.98 Å². The molecule has 4 aliphatic rings. The molecule has 3 aromatic carbocycles. The second-order valence-electron chi connectivity index (χ2n) is 17.2. The number of amides is 1. The van der Waals surface area contributed by atoms with E-state index in [0.717, 1.165) is 98.5 Å². The SMILES string of the molecule is [B]C([B])([B])Oc1cc(CN2CCN(C3CC4(C3)CN(c3ccc(C(=O)NSc5ccc(N)c([N+](=O)[O-])c5)c(Oc5cnc6[nH]ccc6c5)c3)C4)CC2)cc2c1OCC2(C)C. The van der Waals surface area contributed by atoms with Crippen molar-refractivity contribution in [3.8, 4) is 23.0 Å². The third kappa shape index (κ3) is 8.12. The number of carbonyl (C=O) groups is 1. The summed E-state index contributed by atoms with van der Waals surface area (Å²) >= 11 is 0.967. The Morgan fingerprint density at radius 1 is 1.07 bits per heavy atom. The van der Waals surface area contributed by atoms with Crippen LogP contribution in [-0.2, 0) is 12.0 Å². The second kappa shape index (κ2) is 15.3. The lowest BCUT2D eigenvalue weighted by Crippen LogP contribution is -2.68. The molecule has 1 aliphatic carbocycles. The zero-order chi connectivity index (χ0) is 42.0. The van der Waals surface area contributed by atoms with E-state index in [1.54, 1.807) is 24.5 Å². The molecule has 14 nitrogen and oxygen atoms in total. The normalized spacial score (nSPS) is 18.7. The van der Waals surface area contributed by atoms with Crippen LogP contribution in [0.5, 0.6) is 23.0 Å². The molecule has 18 heteroatoms. The van der Waals surface area contributed by atoms with Crippen LogP contribution >= 0.6 is 11.9 Å². The average Bonchev–Trinajstić information content (AvgIpc) is 3.76. The number of nitrogen functional groups attached to an aromatic ring is 1. The number of nitro benzene ring substituents is 1. The molecule has 0 unspecified atom stereocenters. The van der Waals surface area contributed by atoms with Crippen LogP contribution in [0.2, 0.25) is 0 Å². The van der Waals surface area contributed by atoms with E-state index < -0.39 is 16.1 Å². The lowest BCUT2D eigenvalue weighted by Gasteiger charge is -2.62. The van der Waals surface area contributed by atoms with Crippen LogP contribution < -0.4 is 29.6 Å². The van der Waals surface area contributed by atoms with Crippen molar-refractivity contribution in [3.63, 3.8) is 0 Å². The van der Waals surface area contributed by atoms with Crippen LogP contribution in [0.4, 0.5) is 17.1 Å². The van der Waals surface area contributed by atoms with Crippen LogP contribution in [0.15, 0.2) is 78.0 Å². The number of hydrogen-bond donors (Lipinski definition) is 3. The van der Waals surface area contributed by atoms with Gasteiger partial charge in [0.05, 0.1) is 23.3 Å². The van der Waals surface area contributed by atoms with Crippen LogP contribution in [-0.4, -0.2) is 111 Å². The summed E-state index contributed by atoms with van der Waals surface area (Å²) in [5.41, 5.74) is 9.88. The number of H-pyrrole nitrogens is 1. The molecule has 4 N–H and O–H groups in total. The molecule has 0 atom stereocenters. The minimum absolute atomic E-state index is 0.0495. The number of nitrogens with one attached hydrogen (secondary N) is 2. The van der Waals surface area contributed by atoms with Crippen LogP contribution in [0.25, 0.3) is 11.0 Å². The number of nitrogens with zero attached hydrogens (tertiary/aromatic N) is 5. The van der Waals surface area contributed by atoms with Crippen LogP contribution in [0.3, 0.4) is 0 Å². The number of nitro groups is 1. The molecular weight excluding hydrogens is 777 g/mol. The summed E-state index contributed by atoms with van der Waals surface area (Å²) in [7, 11) is 17.4. The van der Waals surface area contributed by atoms with Gasteiger partial charge < -0.3 is 29.8 Å². The van der Waals surface area contributed by atoms with Gasteiger partial charge in [0.1, 0.15) is 46.4 Å². The molecule has 1 amide bonds. The van der Waals surface area contributed by atoms with E-state index >= 15 is 0 Å². The molecule has 1 spiro atoms. The zero-order valence-electron chi connectivity index (χ0n) is 33.5. The number of piperazine rings is 1. The predicted molar refractivity (Wildman–Crippen MR) is 234 cm³/mol. The van der Waals surface area contributed by atoms with Gasteiger partial charge in [0.25, 0.3) is 11.6 Å². The quantitative estimate of drug-likeness (QED) is 0.0495. The van der Waals surface area contributed by atoms with Crippen LogP contribution in [0, 0.1) is 15.5 Å². The van der Waals surface area contributed by atoms with Gasteiger partial charge in [-0.2, -0.15) is 0 Å². The van der Waals surface area contributed by atoms with Crippen molar-refractivity contribution in [2.75, 3.05) is 56.5 Å². The monoisotopic (exact) mass is 820 g/mol. The van der Waals surface area contributed by atoms with Gasteiger partial charge in [-0.05, 0) is 84.2 Å². The summed E-state index contributed by atoms with van der Waals surface area (Å²) in [5, 5.41) is 10.5. The Balaban J connectivity index is 0.821. The maximum atomic E-state index is 13.6. The molecule has 3 aliphatic heterocycles. The number of ether oxygens (including phenoxy) is 3. The van der Waals surface area contributed by atoms with Gasteiger partial charge in [-0.3, -0.25) is 29.4 Å². The van der Waals surface area contributed by atoms with Crippen molar-refractivity contribution in [2.24, 2.45) is 5.41 Å². The summed E-state index contributed by atoms with van der Waals surface area (Å²) in [6, 6.07) is 18.5. The Kier molecular flexibility index (Phi) is 10.2. The van der Waals surface area contributed by atoms with E-state index in [1.165, 1.54) is 12.1 Å². The van der Waals surface area contributed by atoms with Crippen molar-refractivity contribution in [1.29, 1.82) is 0 Å². The third-order valence-corrected chi connectivity index (χ3v) is 12.8. The van der Waals surface area contributed by atoms with Crippen LogP contribution in [0.1, 0.15) is 48.2 Å². The number of fused-ring (bicyclic) bond motifs is 2. The summed E-state index contributed by atoms with van der Waals surface area (Å²) in [6.07, 6.45) is 5.72. The summed E-state index contributed by atoms with van der Waals surface area (Å²) in [5.74, 6) is 1.59. The molecule has 0 bridgehead atoms. The van der Waals surface area contributed by atoms with Gasteiger partial charge in [0.15, 0.2) is 11.5 Å². The maximum Gasteiger partial charge on any atom is 0.293 e. The first-order chi connectivity index (χ1) is 28.6. The highest BCUT2D eigenvalue weighted by atomic mass is 32.2. The minimum atomic E-state index is -1.81.